The smallest absolute Gasteiger partial charge is 0.349 e. The molecule has 0 radical (unpaired) electrons. The van der Waals surface area contributed by atoms with Crippen LogP contribution in [0.5, 0.6) is 0 Å². The molecule has 0 bridgehead atoms. The van der Waals surface area contributed by atoms with Crippen LogP contribution in [0.2, 0.25) is 0 Å². The number of rotatable bonds is 9. The van der Waals surface area contributed by atoms with Gasteiger partial charge in [0.05, 0.1) is 6.42 Å². The lowest BCUT2D eigenvalue weighted by Crippen LogP contribution is -2.39. The number of benzene rings is 2. The number of amides is 1. The number of alkyl halides is 3. The van der Waals surface area contributed by atoms with E-state index >= 15 is 0 Å². The number of hydrogen-bond acceptors (Lipinski definition) is 5. The number of para-hydroxylation sites is 1. The molecule has 0 aliphatic heterocycles. The van der Waals surface area contributed by atoms with Gasteiger partial charge >= 0.3 is 6.18 Å². The summed E-state index contributed by atoms with van der Waals surface area (Å²) in [5.41, 5.74) is 9.78. The van der Waals surface area contributed by atoms with Crippen LogP contribution in [0.4, 0.5) is 18.9 Å². The molecular weight excluding hydrogens is 491 g/mol. The first-order valence-corrected chi connectivity index (χ1v) is 11.7. The molecule has 0 spiro atoms. The second-order valence-corrected chi connectivity index (χ2v) is 8.78. The predicted molar refractivity (Wildman–Crippen MR) is 136 cm³/mol. The fourth-order valence-electron chi connectivity index (χ4n) is 3.37. The van der Waals surface area contributed by atoms with Crippen molar-refractivity contribution in [3.8, 4) is 11.4 Å². The van der Waals surface area contributed by atoms with Crippen molar-refractivity contribution < 1.29 is 18.0 Å². The fraction of sp³-hybridized carbons (Fsp3) is 0.333. The van der Waals surface area contributed by atoms with Crippen molar-refractivity contribution in [2.45, 2.75) is 38.9 Å². The molecule has 0 unspecified atom stereocenters. The lowest BCUT2D eigenvalue weighted by Gasteiger charge is -2.16. The van der Waals surface area contributed by atoms with E-state index in [2.05, 4.69) is 51.5 Å². The summed E-state index contributed by atoms with van der Waals surface area (Å²) in [6.07, 6.45) is -5.45. The van der Waals surface area contributed by atoms with Crippen LogP contribution in [0.3, 0.4) is 0 Å². The number of aryl methyl sites for hydroxylation is 1. The SMILES string of the molecule is CC(C)c1ccccc1NC(=S)NNCc1ccc(-c2nc(C(=O)NCCC(F)(F)F)n(C)n2)cc1. The molecule has 0 saturated heterocycles. The van der Waals surface area contributed by atoms with Gasteiger partial charge in [0.25, 0.3) is 5.91 Å². The van der Waals surface area contributed by atoms with Gasteiger partial charge in [-0.15, -0.1) is 0 Å². The van der Waals surface area contributed by atoms with E-state index in [0.29, 0.717) is 29.0 Å². The zero-order chi connectivity index (χ0) is 26.3. The molecule has 192 valence electrons. The van der Waals surface area contributed by atoms with Gasteiger partial charge in [0, 0.05) is 31.4 Å². The largest absolute Gasteiger partial charge is 0.390 e. The Morgan fingerprint density at radius 1 is 1.11 bits per heavy atom. The summed E-state index contributed by atoms with van der Waals surface area (Å²) in [5, 5.41) is 10.1. The minimum atomic E-state index is -4.34. The third-order valence-corrected chi connectivity index (χ3v) is 5.40. The van der Waals surface area contributed by atoms with Crippen LogP contribution in [0.25, 0.3) is 11.4 Å². The maximum atomic E-state index is 12.3. The minimum Gasteiger partial charge on any atom is -0.349 e. The molecule has 36 heavy (non-hydrogen) atoms. The molecule has 0 aliphatic rings. The van der Waals surface area contributed by atoms with Crippen molar-refractivity contribution in [1.82, 2.24) is 30.9 Å². The van der Waals surface area contributed by atoms with Gasteiger partial charge in [0.15, 0.2) is 10.9 Å². The third-order valence-electron chi connectivity index (χ3n) is 5.20. The Hall–Kier alpha value is -3.51. The Kier molecular flexibility index (Phi) is 8.99. The van der Waals surface area contributed by atoms with E-state index in [1.807, 2.05) is 30.3 Å². The number of nitrogens with zero attached hydrogens (tertiary/aromatic N) is 3. The van der Waals surface area contributed by atoms with Crippen LogP contribution in [0, 0.1) is 0 Å². The Morgan fingerprint density at radius 3 is 2.47 bits per heavy atom. The summed E-state index contributed by atoms with van der Waals surface area (Å²) in [4.78, 5) is 16.3. The molecule has 3 rings (SSSR count). The fourth-order valence-corrected chi connectivity index (χ4v) is 3.55. The maximum Gasteiger partial charge on any atom is 0.390 e. The average molecular weight is 520 g/mol. The summed E-state index contributed by atoms with van der Waals surface area (Å²) >= 11 is 5.37. The molecular formula is C24H28F3N7OS. The molecule has 2 aromatic carbocycles. The molecule has 1 aromatic heterocycles. The zero-order valence-electron chi connectivity index (χ0n) is 20.1. The van der Waals surface area contributed by atoms with E-state index in [9.17, 15) is 18.0 Å². The van der Waals surface area contributed by atoms with Gasteiger partial charge in [-0.25, -0.2) is 15.1 Å². The first kappa shape index (κ1) is 27.1. The second-order valence-electron chi connectivity index (χ2n) is 8.38. The summed E-state index contributed by atoms with van der Waals surface area (Å²) < 4.78 is 38.1. The Bertz CT molecular complexity index is 1190. The van der Waals surface area contributed by atoms with E-state index in [-0.39, 0.29) is 5.82 Å². The number of halogens is 3. The summed E-state index contributed by atoms with van der Waals surface area (Å²) in [6.45, 7) is 4.20. The number of hydrogen-bond donors (Lipinski definition) is 4. The van der Waals surface area contributed by atoms with Gasteiger partial charge < -0.3 is 10.6 Å². The number of aromatic nitrogens is 3. The molecule has 1 heterocycles. The molecule has 8 nitrogen and oxygen atoms in total. The summed E-state index contributed by atoms with van der Waals surface area (Å²) in [7, 11) is 1.51. The van der Waals surface area contributed by atoms with Crippen LogP contribution < -0.4 is 21.5 Å². The predicted octanol–water partition coefficient (Wildman–Crippen LogP) is 4.28. The highest BCUT2D eigenvalue weighted by molar-refractivity contribution is 7.80. The van der Waals surface area contributed by atoms with Gasteiger partial charge in [-0.05, 0) is 35.3 Å². The van der Waals surface area contributed by atoms with Crippen LogP contribution in [0.1, 0.15) is 47.9 Å². The van der Waals surface area contributed by atoms with Crippen molar-refractivity contribution in [3.05, 3.63) is 65.5 Å². The number of thiocarbonyl (C=S) groups is 1. The van der Waals surface area contributed by atoms with E-state index in [0.717, 1.165) is 11.3 Å². The number of hydrazine groups is 1. The van der Waals surface area contributed by atoms with Crippen LogP contribution in [0.15, 0.2) is 48.5 Å². The topological polar surface area (TPSA) is 95.9 Å². The quantitative estimate of drug-likeness (QED) is 0.248. The van der Waals surface area contributed by atoms with E-state index < -0.39 is 25.0 Å². The first-order valence-electron chi connectivity index (χ1n) is 11.3. The molecule has 12 heteroatoms. The lowest BCUT2D eigenvalue weighted by atomic mass is 10.0. The first-order chi connectivity index (χ1) is 17.0. The third kappa shape index (κ3) is 7.75. The lowest BCUT2D eigenvalue weighted by molar-refractivity contribution is -0.133. The Balaban J connectivity index is 1.52. The van der Waals surface area contributed by atoms with E-state index in [1.165, 1.54) is 17.3 Å². The number of carbonyl (C=O) groups excluding carboxylic acids is 1. The van der Waals surface area contributed by atoms with E-state index in [1.54, 1.807) is 12.1 Å². The molecule has 0 aliphatic carbocycles. The minimum absolute atomic E-state index is 0.0674. The Morgan fingerprint density at radius 2 is 1.81 bits per heavy atom. The highest BCUT2D eigenvalue weighted by Gasteiger charge is 2.27. The van der Waals surface area contributed by atoms with Gasteiger partial charge in [-0.3, -0.25) is 10.2 Å². The highest BCUT2D eigenvalue weighted by Crippen LogP contribution is 2.23. The molecule has 1 amide bonds. The normalized spacial score (nSPS) is 11.4. The van der Waals surface area contributed by atoms with Crippen LogP contribution >= 0.6 is 12.2 Å². The second kappa shape index (κ2) is 12.0. The summed E-state index contributed by atoms with van der Waals surface area (Å²) in [5.74, 6) is -0.128. The standard InChI is InChI=1S/C24H28F3N7OS/c1-15(2)18-6-4-5-7-19(18)30-23(36)32-29-14-16-8-10-17(11-9-16)20-31-21(34(3)33-20)22(35)28-13-12-24(25,26)27/h4-11,15,29H,12-14H2,1-3H3,(H,28,35)(H2,30,32,36). The van der Waals surface area contributed by atoms with Crippen molar-refractivity contribution >= 4 is 28.9 Å². The number of nitrogens with one attached hydrogen (secondary N) is 4. The molecule has 0 atom stereocenters. The number of anilines is 1. The Labute approximate surface area is 212 Å². The van der Waals surface area contributed by atoms with Crippen molar-refractivity contribution in [2.24, 2.45) is 7.05 Å². The van der Waals surface area contributed by atoms with Crippen molar-refractivity contribution in [2.75, 3.05) is 11.9 Å². The van der Waals surface area contributed by atoms with Gasteiger partial charge in [0.2, 0.25) is 5.82 Å². The highest BCUT2D eigenvalue weighted by atomic mass is 32.1. The van der Waals surface area contributed by atoms with Gasteiger partial charge in [0.1, 0.15) is 0 Å². The number of carbonyl (C=O) groups is 1. The maximum absolute atomic E-state index is 12.3. The zero-order valence-corrected chi connectivity index (χ0v) is 20.9. The molecule has 0 fully saturated rings. The molecule has 4 N–H and O–H groups in total. The summed E-state index contributed by atoms with van der Waals surface area (Å²) in [6, 6.07) is 15.3. The van der Waals surface area contributed by atoms with E-state index in [4.69, 9.17) is 12.2 Å². The van der Waals surface area contributed by atoms with Gasteiger partial charge in [-0.2, -0.15) is 18.3 Å². The monoisotopic (exact) mass is 519 g/mol. The van der Waals surface area contributed by atoms with Crippen molar-refractivity contribution in [1.29, 1.82) is 0 Å². The van der Waals surface area contributed by atoms with Crippen LogP contribution in [-0.4, -0.2) is 38.5 Å². The molecule has 0 saturated carbocycles. The van der Waals surface area contributed by atoms with Crippen molar-refractivity contribution in [3.63, 3.8) is 0 Å². The average Bonchev–Trinajstić information content (AvgIpc) is 3.20. The molecule has 3 aromatic rings. The van der Waals surface area contributed by atoms with Gasteiger partial charge in [-0.1, -0.05) is 56.3 Å². The van der Waals surface area contributed by atoms with Crippen LogP contribution in [-0.2, 0) is 13.6 Å².